The third-order valence-corrected chi connectivity index (χ3v) is 4.60. The Morgan fingerprint density at radius 2 is 2.10 bits per heavy atom. The Morgan fingerprint density at radius 3 is 2.95 bits per heavy atom. The molecule has 2 N–H and O–H groups in total. The lowest BCUT2D eigenvalue weighted by Gasteiger charge is -2.28. The number of aryl methyl sites for hydroxylation is 1. The second kappa shape index (κ2) is 6.15. The van der Waals surface area contributed by atoms with E-state index in [2.05, 4.69) is 30.4 Å². The molecule has 3 nitrogen and oxygen atoms in total. The van der Waals surface area contributed by atoms with Gasteiger partial charge in [-0.25, -0.2) is 0 Å². The Morgan fingerprint density at radius 1 is 1.25 bits per heavy atom. The molecule has 0 aromatic heterocycles. The number of aliphatic hydroxyl groups excluding tert-OH is 1. The summed E-state index contributed by atoms with van der Waals surface area (Å²) in [7, 11) is 0. The molecular formula is C17H25NO2. The normalized spacial score (nSPS) is 29.0. The number of nitrogens with one attached hydrogen (secondary N) is 1. The van der Waals surface area contributed by atoms with Crippen molar-refractivity contribution in [2.45, 2.75) is 51.2 Å². The fourth-order valence-electron chi connectivity index (χ4n) is 3.42. The van der Waals surface area contributed by atoms with Gasteiger partial charge in [0.05, 0.1) is 6.10 Å². The molecule has 3 heteroatoms. The number of hydrogen-bond donors (Lipinski definition) is 2. The highest BCUT2D eigenvalue weighted by Gasteiger charge is 2.25. The topological polar surface area (TPSA) is 41.5 Å². The van der Waals surface area contributed by atoms with Crippen LogP contribution in [0.3, 0.4) is 0 Å². The number of hydrogen-bond acceptors (Lipinski definition) is 3. The number of benzene rings is 1. The molecule has 3 unspecified atom stereocenters. The molecule has 0 spiro atoms. The van der Waals surface area contributed by atoms with E-state index >= 15 is 0 Å². The van der Waals surface area contributed by atoms with Gasteiger partial charge in [0.2, 0.25) is 0 Å². The molecule has 0 radical (unpaired) electrons. The molecule has 1 saturated carbocycles. The van der Waals surface area contributed by atoms with E-state index in [-0.39, 0.29) is 12.2 Å². The Kier molecular flexibility index (Phi) is 4.27. The zero-order valence-corrected chi connectivity index (χ0v) is 12.3. The number of ether oxygens (including phenoxy) is 1. The predicted octanol–water partition coefficient (Wildman–Crippen LogP) is 2.44. The van der Waals surface area contributed by atoms with Gasteiger partial charge in [0.1, 0.15) is 11.9 Å². The highest BCUT2D eigenvalue weighted by Crippen LogP contribution is 2.29. The van der Waals surface area contributed by atoms with E-state index < -0.39 is 0 Å². The van der Waals surface area contributed by atoms with Gasteiger partial charge in [0.25, 0.3) is 0 Å². The lowest BCUT2D eigenvalue weighted by Crippen LogP contribution is -2.38. The molecule has 1 aromatic rings. The second-order valence-corrected chi connectivity index (χ2v) is 6.33. The van der Waals surface area contributed by atoms with Crippen LogP contribution in [-0.4, -0.2) is 30.4 Å². The van der Waals surface area contributed by atoms with Gasteiger partial charge >= 0.3 is 0 Å². The van der Waals surface area contributed by atoms with Crippen molar-refractivity contribution >= 4 is 0 Å². The van der Waals surface area contributed by atoms with Crippen molar-refractivity contribution in [1.29, 1.82) is 0 Å². The van der Waals surface area contributed by atoms with Gasteiger partial charge in [-0.1, -0.05) is 30.5 Å². The van der Waals surface area contributed by atoms with E-state index in [0.29, 0.717) is 5.92 Å². The van der Waals surface area contributed by atoms with Crippen LogP contribution in [0.25, 0.3) is 0 Å². The molecule has 1 fully saturated rings. The van der Waals surface area contributed by atoms with Crippen molar-refractivity contribution in [3.8, 4) is 5.75 Å². The molecule has 1 aliphatic carbocycles. The average molecular weight is 275 g/mol. The van der Waals surface area contributed by atoms with E-state index in [1.165, 1.54) is 24.0 Å². The minimum Gasteiger partial charge on any atom is -0.488 e. The van der Waals surface area contributed by atoms with Gasteiger partial charge in [-0.05, 0) is 37.3 Å². The van der Waals surface area contributed by atoms with Crippen LogP contribution in [-0.2, 0) is 6.42 Å². The van der Waals surface area contributed by atoms with Crippen LogP contribution >= 0.6 is 0 Å². The smallest absolute Gasteiger partial charge is 0.123 e. The first-order valence-electron chi connectivity index (χ1n) is 7.87. The van der Waals surface area contributed by atoms with Crippen LogP contribution in [0.5, 0.6) is 5.75 Å². The molecule has 2 aliphatic rings. The van der Waals surface area contributed by atoms with Gasteiger partial charge < -0.3 is 15.2 Å². The molecule has 1 aliphatic heterocycles. The van der Waals surface area contributed by atoms with Crippen LogP contribution in [0.1, 0.15) is 36.8 Å². The maximum Gasteiger partial charge on any atom is 0.123 e. The molecule has 0 bridgehead atoms. The van der Waals surface area contributed by atoms with Crippen molar-refractivity contribution in [2.75, 3.05) is 13.1 Å². The summed E-state index contributed by atoms with van der Waals surface area (Å²) in [4.78, 5) is 0. The first-order valence-corrected chi connectivity index (χ1v) is 7.87. The van der Waals surface area contributed by atoms with E-state index in [4.69, 9.17) is 4.74 Å². The summed E-state index contributed by atoms with van der Waals surface area (Å²) < 4.78 is 5.95. The molecule has 0 amide bonds. The Bertz CT molecular complexity index is 460. The van der Waals surface area contributed by atoms with Crippen molar-refractivity contribution < 1.29 is 9.84 Å². The largest absolute Gasteiger partial charge is 0.488 e. The number of fused-ring (bicyclic) bond motifs is 1. The number of rotatable bonds is 4. The van der Waals surface area contributed by atoms with E-state index in [1.54, 1.807) is 0 Å². The Balaban J connectivity index is 1.44. The number of aliphatic hydroxyl groups is 1. The SMILES string of the molecule is Cc1ccc2c(c1)CC(CNCC1CCCCC1O)O2. The van der Waals surface area contributed by atoms with E-state index in [0.717, 1.165) is 38.1 Å². The van der Waals surface area contributed by atoms with Gasteiger partial charge in [0.15, 0.2) is 0 Å². The fraction of sp³-hybridized carbons (Fsp3) is 0.647. The molecule has 110 valence electrons. The quantitative estimate of drug-likeness (QED) is 0.887. The predicted molar refractivity (Wildman–Crippen MR) is 80.1 cm³/mol. The maximum absolute atomic E-state index is 9.96. The highest BCUT2D eigenvalue weighted by molar-refractivity contribution is 5.40. The molecule has 1 heterocycles. The first kappa shape index (κ1) is 13.9. The van der Waals surface area contributed by atoms with Gasteiger partial charge in [-0.2, -0.15) is 0 Å². The minimum atomic E-state index is -0.111. The monoisotopic (exact) mass is 275 g/mol. The van der Waals surface area contributed by atoms with Gasteiger partial charge in [-0.3, -0.25) is 0 Å². The average Bonchev–Trinajstić information content (AvgIpc) is 2.83. The minimum absolute atomic E-state index is 0.111. The molecule has 3 rings (SSSR count). The van der Waals surface area contributed by atoms with Crippen molar-refractivity contribution in [3.63, 3.8) is 0 Å². The third kappa shape index (κ3) is 3.15. The summed E-state index contributed by atoms with van der Waals surface area (Å²) in [5.41, 5.74) is 2.63. The molecular weight excluding hydrogens is 250 g/mol. The Labute approximate surface area is 121 Å². The lowest BCUT2D eigenvalue weighted by atomic mass is 9.86. The summed E-state index contributed by atoms with van der Waals surface area (Å²) >= 11 is 0. The Hall–Kier alpha value is -1.06. The third-order valence-electron chi connectivity index (χ3n) is 4.60. The van der Waals surface area contributed by atoms with Crippen LogP contribution in [0.2, 0.25) is 0 Å². The van der Waals surface area contributed by atoms with Crippen LogP contribution in [0, 0.1) is 12.8 Å². The molecule has 1 aromatic carbocycles. The van der Waals surface area contributed by atoms with Crippen molar-refractivity contribution in [1.82, 2.24) is 5.32 Å². The zero-order valence-electron chi connectivity index (χ0n) is 12.3. The molecule has 20 heavy (non-hydrogen) atoms. The van der Waals surface area contributed by atoms with Gasteiger partial charge in [-0.15, -0.1) is 0 Å². The van der Waals surface area contributed by atoms with Crippen molar-refractivity contribution in [2.24, 2.45) is 5.92 Å². The van der Waals surface area contributed by atoms with E-state index in [9.17, 15) is 5.11 Å². The first-order chi connectivity index (χ1) is 9.72. The second-order valence-electron chi connectivity index (χ2n) is 6.33. The van der Waals surface area contributed by atoms with Crippen LogP contribution in [0.4, 0.5) is 0 Å². The van der Waals surface area contributed by atoms with Crippen LogP contribution in [0.15, 0.2) is 18.2 Å². The summed E-state index contributed by atoms with van der Waals surface area (Å²) in [6.45, 7) is 3.91. The molecule has 3 atom stereocenters. The standard InChI is InChI=1S/C17H25NO2/c1-12-6-7-17-14(8-12)9-15(20-17)11-18-10-13-4-2-3-5-16(13)19/h6-8,13,15-16,18-19H,2-5,9-11H2,1H3. The zero-order chi connectivity index (χ0) is 13.9. The summed E-state index contributed by atoms with van der Waals surface area (Å²) in [5, 5.41) is 13.5. The summed E-state index contributed by atoms with van der Waals surface area (Å²) in [6.07, 6.45) is 5.69. The summed E-state index contributed by atoms with van der Waals surface area (Å²) in [6, 6.07) is 6.41. The maximum atomic E-state index is 9.96. The lowest BCUT2D eigenvalue weighted by molar-refractivity contribution is 0.0681. The highest BCUT2D eigenvalue weighted by atomic mass is 16.5. The van der Waals surface area contributed by atoms with Crippen molar-refractivity contribution in [3.05, 3.63) is 29.3 Å². The summed E-state index contributed by atoms with van der Waals surface area (Å²) in [5.74, 6) is 1.47. The molecule has 0 saturated heterocycles. The fourth-order valence-corrected chi connectivity index (χ4v) is 3.42. The van der Waals surface area contributed by atoms with E-state index in [1.807, 2.05) is 0 Å². The van der Waals surface area contributed by atoms with Crippen LogP contribution < -0.4 is 10.1 Å². The van der Waals surface area contributed by atoms with Gasteiger partial charge in [0, 0.05) is 19.5 Å².